The number of rotatable bonds is 3. The molecule has 0 aromatic carbocycles. The third kappa shape index (κ3) is 3.80. The fourth-order valence-electron chi connectivity index (χ4n) is 1.53. The van der Waals surface area contributed by atoms with E-state index in [0.717, 1.165) is 19.6 Å². The number of nitrogens with one attached hydrogen (secondary N) is 1. The van der Waals surface area contributed by atoms with Crippen molar-refractivity contribution in [1.82, 2.24) is 5.32 Å². The molecule has 1 rings (SSSR count). The molecule has 2 unspecified atom stereocenters. The highest BCUT2D eigenvalue weighted by molar-refractivity contribution is 5.75. The predicted octanol–water partition coefficient (Wildman–Crippen LogP) is 1.16. The topological polar surface area (TPSA) is 47.6 Å². The third-order valence-electron chi connectivity index (χ3n) is 2.45. The molecule has 1 heterocycles. The van der Waals surface area contributed by atoms with Gasteiger partial charge in [0.05, 0.1) is 12.0 Å². The first kappa shape index (κ1) is 12.5. The highest BCUT2D eigenvalue weighted by atomic mass is 16.6. The molecular weight excluding hydrogens is 194 g/mol. The van der Waals surface area contributed by atoms with Gasteiger partial charge in [0.25, 0.3) is 0 Å². The van der Waals surface area contributed by atoms with Crippen LogP contribution in [0.25, 0.3) is 0 Å². The van der Waals surface area contributed by atoms with E-state index in [1.165, 1.54) is 0 Å². The minimum Gasteiger partial charge on any atom is -0.446 e. The maximum atomic E-state index is 11.6. The quantitative estimate of drug-likeness (QED) is 0.718. The molecule has 0 amide bonds. The summed E-state index contributed by atoms with van der Waals surface area (Å²) in [6.07, 6.45) is 0.701. The first-order valence-corrected chi connectivity index (χ1v) is 5.37. The molecule has 1 aliphatic heterocycles. The summed E-state index contributed by atoms with van der Waals surface area (Å²) in [5.74, 6) is 0.297. The Kier molecular flexibility index (Phi) is 4.11. The summed E-state index contributed by atoms with van der Waals surface area (Å²) in [6, 6.07) is 0. The molecule has 0 radical (unpaired) electrons. The van der Waals surface area contributed by atoms with Gasteiger partial charge in [0.2, 0.25) is 0 Å². The molecular formula is C11H21NO3. The van der Waals surface area contributed by atoms with E-state index in [4.69, 9.17) is 9.47 Å². The van der Waals surface area contributed by atoms with Gasteiger partial charge in [0.15, 0.2) is 6.23 Å². The van der Waals surface area contributed by atoms with Crippen LogP contribution in [-0.4, -0.2) is 32.5 Å². The van der Waals surface area contributed by atoms with Gasteiger partial charge in [-0.05, 0) is 26.7 Å². The Hall–Kier alpha value is -0.610. The average Bonchev–Trinajstić information content (AvgIpc) is 2.51. The van der Waals surface area contributed by atoms with Gasteiger partial charge in [0.1, 0.15) is 0 Å². The van der Waals surface area contributed by atoms with Gasteiger partial charge in [-0.2, -0.15) is 0 Å². The Morgan fingerprint density at radius 1 is 1.47 bits per heavy atom. The van der Waals surface area contributed by atoms with Crippen molar-refractivity contribution in [2.24, 2.45) is 11.3 Å². The lowest BCUT2D eigenvalue weighted by Gasteiger charge is -2.20. The summed E-state index contributed by atoms with van der Waals surface area (Å²) in [5, 5.41) is 3.17. The van der Waals surface area contributed by atoms with Gasteiger partial charge in [-0.25, -0.2) is 0 Å². The number of carbonyl (C=O) groups is 1. The molecule has 0 bridgehead atoms. The van der Waals surface area contributed by atoms with Crippen LogP contribution >= 0.6 is 0 Å². The van der Waals surface area contributed by atoms with Crippen LogP contribution in [0.2, 0.25) is 0 Å². The first-order valence-electron chi connectivity index (χ1n) is 5.37. The fraction of sp³-hybridized carbons (Fsp3) is 0.909. The monoisotopic (exact) mass is 215 g/mol. The molecule has 2 atom stereocenters. The van der Waals surface area contributed by atoms with E-state index in [2.05, 4.69) is 5.32 Å². The summed E-state index contributed by atoms with van der Waals surface area (Å²) >= 11 is 0. The summed E-state index contributed by atoms with van der Waals surface area (Å²) in [4.78, 5) is 11.6. The number of methoxy groups -OCH3 is 1. The van der Waals surface area contributed by atoms with Crippen molar-refractivity contribution in [3.05, 3.63) is 0 Å². The van der Waals surface area contributed by atoms with Crippen LogP contribution in [0.15, 0.2) is 0 Å². The number of hydrogen-bond acceptors (Lipinski definition) is 4. The average molecular weight is 215 g/mol. The second-order valence-electron chi connectivity index (χ2n) is 5.11. The summed E-state index contributed by atoms with van der Waals surface area (Å²) in [5.41, 5.74) is -0.430. The van der Waals surface area contributed by atoms with Crippen molar-refractivity contribution in [2.45, 2.75) is 33.4 Å². The van der Waals surface area contributed by atoms with Crippen molar-refractivity contribution in [3.8, 4) is 0 Å². The van der Waals surface area contributed by atoms with Crippen LogP contribution in [-0.2, 0) is 14.3 Å². The highest BCUT2D eigenvalue weighted by Crippen LogP contribution is 2.20. The number of carbonyl (C=O) groups excluding carboxylic acids is 1. The molecule has 1 saturated heterocycles. The Bertz CT molecular complexity index is 222. The van der Waals surface area contributed by atoms with Crippen molar-refractivity contribution < 1.29 is 14.3 Å². The highest BCUT2D eigenvalue weighted by Gasteiger charge is 2.31. The summed E-state index contributed by atoms with van der Waals surface area (Å²) < 4.78 is 10.4. The van der Waals surface area contributed by atoms with Gasteiger partial charge < -0.3 is 9.47 Å². The lowest BCUT2D eigenvalue weighted by molar-refractivity contribution is -0.159. The Morgan fingerprint density at radius 3 is 2.67 bits per heavy atom. The zero-order valence-corrected chi connectivity index (χ0v) is 10.0. The molecule has 0 aromatic heterocycles. The molecule has 0 spiro atoms. The molecule has 4 heteroatoms. The largest absolute Gasteiger partial charge is 0.446 e. The van der Waals surface area contributed by atoms with Crippen molar-refractivity contribution in [2.75, 3.05) is 20.3 Å². The van der Waals surface area contributed by atoms with Gasteiger partial charge in [-0.1, -0.05) is 0 Å². The molecule has 0 aliphatic carbocycles. The van der Waals surface area contributed by atoms with E-state index < -0.39 is 5.41 Å². The van der Waals surface area contributed by atoms with E-state index in [-0.39, 0.29) is 12.2 Å². The first-order chi connectivity index (χ1) is 6.93. The van der Waals surface area contributed by atoms with Crippen molar-refractivity contribution in [3.63, 3.8) is 0 Å². The van der Waals surface area contributed by atoms with E-state index >= 15 is 0 Å². The molecule has 1 aliphatic rings. The predicted molar refractivity (Wildman–Crippen MR) is 57.3 cm³/mol. The number of ether oxygens (including phenoxy) is 2. The molecule has 0 aromatic rings. The lowest BCUT2D eigenvalue weighted by Crippen LogP contribution is -2.33. The second kappa shape index (κ2) is 4.94. The maximum Gasteiger partial charge on any atom is 0.312 e. The van der Waals surface area contributed by atoms with Crippen LogP contribution in [0.4, 0.5) is 0 Å². The Balaban J connectivity index is 2.33. The zero-order valence-electron chi connectivity index (χ0n) is 10.0. The van der Waals surface area contributed by atoms with Crippen molar-refractivity contribution in [1.29, 1.82) is 0 Å². The number of esters is 1. The molecule has 1 N–H and O–H groups in total. The van der Waals surface area contributed by atoms with E-state index in [0.29, 0.717) is 5.92 Å². The van der Waals surface area contributed by atoms with Gasteiger partial charge in [-0.15, -0.1) is 0 Å². The minimum atomic E-state index is -0.430. The van der Waals surface area contributed by atoms with Gasteiger partial charge in [-0.3, -0.25) is 10.1 Å². The molecule has 1 fully saturated rings. The van der Waals surface area contributed by atoms with Crippen LogP contribution in [0.3, 0.4) is 0 Å². The van der Waals surface area contributed by atoms with Gasteiger partial charge >= 0.3 is 5.97 Å². The summed E-state index contributed by atoms with van der Waals surface area (Å²) in [7, 11) is 1.69. The minimum absolute atomic E-state index is 0.142. The Labute approximate surface area is 91.3 Å². The van der Waals surface area contributed by atoms with Crippen LogP contribution < -0.4 is 5.32 Å². The zero-order chi connectivity index (χ0) is 11.5. The maximum absolute atomic E-state index is 11.6. The SMILES string of the molecule is COCC1CNC(OC(=O)C(C)(C)C)C1. The van der Waals surface area contributed by atoms with E-state index in [9.17, 15) is 4.79 Å². The van der Waals surface area contributed by atoms with Crippen LogP contribution in [0, 0.1) is 11.3 Å². The Morgan fingerprint density at radius 2 is 2.13 bits per heavy atom. The third-order valence-corrected chi connectivity index (χ3v) is 2.45. The summed E-state index contributed by atoms with van der Waals surface area (Å²) in [6.45, 7) is 7.15. The smallest absolute Gasteiger partial charge is 0.312 e. The number of hydrogen-bond donors (Lipinski definition) is 1. The fourth-order valence-corrected chi connectivity index (χ4v) is 1.53. The molecule has 88 valence electrons. The molecule has 15 heavy (non-hydrogen) atoms. The normalized spacial score (nSPS) is 26.7. The van der Waals surface area contributed by atoms with Crippen molar-refractivity contribution >= 4 is 5.97 Å². The standard InChI is InChI=1S/C11H21NO3/c1-11(2,3)10(13)15-9-5-8(6-12-9)7-14-4/h8-9,12H,5-7H2,1-4H3. The lowest BCUT2D eigenvalue weighted by atomic mass is 9.97. The van der Waals surface area contributed by atoms with Crippen LogP contribution in [0.1, 0.15) is 27.2 Å². The van der Waals surface area contributed by atoms with E-state index in [1.54, 1.807) is 7.11 Å². The van der Waals surface area contributed by atoms with E-state index in [1.807, 2.05) is 20.8 Å². The van der Waals surface area contributed by atoms with Gasteiger partial charge in [0, 0.05) is 20.1 Å². The molecule has 0 saturated carbocycles. The molecule has 4 nitrogen and oxygen atoms in total. The second-order valence-corrected chi connectivity index (χ2v) is 5.11. The van der Waals surface area contributed by atoms with Crippen LogP contribution in [0.5, 0.6) is 0 Å².